The van der Waals surface area contributed by atoms with E-state index in [0.29, 0.717) is 18.0 Å². The Morgan fingerprint density at radius 3 is 2.42 bits per heavy atom. The molecule has 1 aromatic carbocycles. The summed E-state index contributed by atoms with van der Waals surface area (Å²) in [5, 5.41) is 3.10. The van der Waals surface area contributed by atoms with Gasteiger partial charge in [0.05, 0.1) is 4.90 Å². The lowest BCUT2D eigenvalue weighted by molar-refractivity contribution is -0.126. The van der Waals surface area contributed by atoms with Crippen molar-refractivity contribution in [2.75, 3.05) is 13.1 Å². The molecule has 0 bridgehead atoms. The molecule has 1 saturated heterocycles. The maximum absolute atomic E-state index is 12.7. The summed E-state index contributed by atoms with van der Waals surface area (Å²) < 4.78 is 27.0. The summed E-state index contributed by atoms with van der Waals surface area (Å²) in [6.07, 6.45) is 7.01. The van der Waals surface area contributed by atoms with Crippen LogP contribution in [-0.4, -0.2) is 37.8 Å². The van der Waals surface area contributed by atoms with Crippen LogP contribution < -0.4 is 5.32 Å². The van der Waals surface area contributed by atoms with Crippen molar-refractivity contribution in [3.63, 3.8) is 0 Å². The van der Waals surface area contributed by atoms with Gasteiger partial charge in [-0.2, -0.15) is 4.31 Å². The Bertz CT molecular complexity index is 654. The minimum atomic E-state index is -3.47. The van der Waals surface area contributed by atoms with Crippen molar-refractivity contribution in [3.05, 3.63) is 30.3 Å². The lowest BCUT2D eigenvalue weighted by Crippen LogP contribution is -2.50. The first kappa shape index (κ1) is 17.4. The molecule has 5 nitrogen and oxygen atoms in total. The molecule has 1 aromatic rings. The second-order valence-corrected chi connectivity index (χ2v) is 8.80. The van der Waals surface area contributed by atoms with Gasteiger partial charge in [-0.05, 0) is 37.8 Å². The molecule has 6 heteroatoms. The third kappa shape index (κ3) is 3.98. The second kappa shape index (κ2) is 7.66. The van der Waals surface area contributed by atoms with Gasteiger partial charge < -0.3 is 5.32 Å². The summed E-state index contributed by atoms with van der Waals surface area (Å²) in [5.41, 5.74) is 0. The van der Waals surface area contributed by atoms with E-state index in [-0.39, 0.29) is 17.9 Å². The van der Waals surface area contributed by atoms with Crippen LogP contribution in [0.15, 0.2) is 35.2 Å². The lowest BCUT2D eigenvalue weighted by Gasteiger charge is -2.33. The van der Waals surface area contributed by atoms with Crippen LogP contribution in [0.25, 0.3) is 0 Å². The number of amides is 1. The first-order chi connectivity index (χ1) is 11.6. The maximum atomic E-state index is 12.7. The fraction of sp³-hybridized carbons (Fsp3) is 0.611. The number of sulfonamides is 1. The first-order valence-corrected chi connectivity index (χ1v) is 10.4. The van der Waals surface area contributed by atoms with Crippen molar-refractivity contribution in [3.8, 4) is 0 Å². The van der Waals surface area contributed by atoms with Crippen molar-refractivity contribution in [1.82, 2.24) is 9.62 Å². The largest absolute Gasteiger partial charge is 0.352 e. The smallest absolute Gasteiger partial charge is 0.243 e. The van der Waals surface area contributed by atoms with Crippen molar-refractivity contribution >= 4 is 15.9 Å². The summed E-state index contributed by atoms with van der Waals surface area (Å²) in [7, 11) is -3.47. The molecule has 1 aliphatic heterocycles. The van der Waals surface area contributed by atoms with Gasteiger partial charge in [0, 0.05) is 25.0 Å². The molecule has 0 spiro atoms. The molecule has 1 atom stereocenters. The quantitative estimate of drug-likeness (QED) is 0.907. The van der Waals surface area contributed by atoms with Gasteiger partial charge in [-0.1, -0.05) is 37.5 Å². The van der Waals surface area contributed by atoms with Crippen LogP contribution in [0.5, 0.6) is 0 Å². The van der Waals surface area contributed by atoms with E-state index in [1.54, 1.807) is 24.3 Å². The fourth-order valence-corrected chi connectivity index (χ4v) is 5.25. The van der Waals surface area contributed by atoms with Gasteiger partial charge in [0.25, 0.3) is 0 Å². The van der Waals surface area contributed by atoms with Gasteiger partial charge in [0.1, 0.15) is 0 Å². The number of rotatable bonds is 4. The number of hydrogen-bond acceptors (Lipinski definition) is 3. The third-order valence-electron chi connectivity index (χ3n) is 5.09. The highest BCUT2D eigenvalue weighted by molar-refractivity contribution is 7.89. The summed E-state index contributed by atoms with van der Waals surface area (Å²) in [5.74, 6) is 0.221. The molecule has 0 unspecified atom stereocenters. The molecule has 2 aliphatic rings. The minimum Gasteiger partial charge on any atom is -0.352 e. The van der Waals surface area contributed by atoms with Crippen molar-refractivity contribution in [1.29, 1.82) is 0 Å². The number of nitrogens with one attached hydrogen (secondary N) is 1. The molecule has 3 rings (SSSR count). The normalized spacial score (nSPS) is 23.8. The standard InChI is InChI=1S/C18H26N2O3S/c21-18(15-8-3-1-4-9-15)19-16-10-7-13-20(14-16)24(22,23)17-11-5-2-6-12-17/h2,5-6,11-12,15-16H,1,3-4,7-10,13-14H2,(H,19,21)/t16-/m0/s1. The van der Waals surface area contributed by atoms with Crippen molar-refractivity contribution < 1.29 is 13.2 Å². The number of benzene rings is 1. The third-order valence-corrected chi connectivity index (χ3v) is 6.97. The highest BCUT2D eigenvalue weighted by Gasteiger charge is 2.32. The second-order valence-electron chi connectivity index (χ2n) is 6.86. The molecule has 1 heterocycles. The predicted molar refractivity (Wildman–Crippen MR) is 92.9 cm³/mol. The van der Waals surface area contributed by atoms with Gasteiger partial charge in [0.15, 0.2) is 0 Å². The molecule has 1 amide bonds. The Kier molecular flexibility index (Phi) is 5.56. The zero-order chi connectivity index (χ0) is 17.0. The van der Waals surface area contributed by atoms with Crippen LogP contribution in [0.1, 0.15) is 44.9 Å². The average Bonchev–Trinajstić information content (AvgIpc) is 2.63. The Balaban J connectivity index is 1.63. The molecule has 132 valence electrons. The fourth-order valence-electron chi connectivity index (χ4n) is 3.70. The van der Waals surface area contributed by atoms with Crippen molar-refractivity contribution in [2.45, 2.75) is 55.9 Å². The molecule has 1 aliphatic carbocycles. The number of nitrogens with zero attached hydrogens (tertiary/aromatic N) is 1. The lowest BCUT2D eigenvalue weighted by atomic mass is 9.88. The van der Waals surface area contributed by atoms with Crippen LogP contribution in [-0.2, 0) is 14.8 Å². The summed E-state index contributed by atoms with van der Waals surface area (Å²) in [6.45, 7) is 0.892. The van der Waals surface area contributed by atoms with E-state index in [1.165, 1.54) is 10.7 Å². The Hall–Kier alpha value is -1.40. The zero-order valence-corrected chi connectivity index (χ0v) is 14.8. The van der Waals surface area contributed by atoms with Gasteiger partial charge in [0.2, 0.25) is 15.9 Å². The van der Waals surface area contributed by atoms with Crippen molar-refractivity contribution in [2.24, 2.45) is 5.92 Å². The molecule has 2 fully saturated rings. The van der Waals surface area contributed by atoms with E-state index in [1.807, 2.05) is 6.07 Å². The number of hydrogen-bond donors (Lipinski definition) is 1. The average molecular weight is 350 g/mol. The highest BCUT2D eigenvalue weighted by atomic mass is 32.2. The summed E-state index contributed by atoms with van der Waals surface area (Å²) in [4.78, 5) is 12.7. The number of carbonyl (C=O) groups excluding carboxylic acids is 1. The van der Waals surface area contributed by atoms with Crippen LogP contribution in [0.4, 0.5) is 0 Å². The molecule has 1 N–H and O–H groups in total. The molecule has 0 aromatic heterocycles. The first-order valence-electron chi connectivity index (χ1n) is 8.93. The van der Waals surface area contributed by atoms with E-state index in [4.69, 9.17) is 0 Å². The van der Waals surface area contributed by atoms with E-state index in [9.17, 15) is 13.2 Å². The zero-order valence-electron chi connectivity index (χ0n) is 14.0. The predicted octanol–water partition coefficient (Wildman–Crippen LogP) is 2.54. The maximum Gasteiger partial charge on any atom is 0.243 e. The van der Waals surface area contributed by atoms with E-state index >= 15 is 0 Å². The monoisotopic (exact) mass is 350 g/mol. The molecule has 0 radical (unpaired) electrons. The topological polar surface area (TPSA) is 66.5 Å². The van der Waals surface area contributed by atoms with Crippen LogP contribution in [0, 0.1) is 5.92 Å². The summed E-state index contributed by atoms with van der Waals surface area (Å²) >= 11 is 0. The van der Waals surface area contributed by atoms with E-state index < -0.39 is 10.0 Å². The van der Waals surface area contributed by atoms with Crippen LogP contribution in [0.2, 0.25) is 0 Å². The number of carbonyl (C=O) groups is 1. The number of piperidine rings is 1. The Morgan fingerprint density at radius 1 is 1.00 bits per heavy atom. The molecular formula is C18H26N2O3S. The van der Waals surface area contributed by atoms with E-state index in [0.717, 1.165) is 38.5 Å². The van der Waals surface area contributed by atoms with Gasteiger partial charge >= 0.3 is 0 Å². The Morgan fingerprint density at radius 2 is 1.71 bits per heavy atom. The molecular weight excluding hydrogens is 324 g/mol. The Labute approximate surface area is 144 Å². The van der Waals surface area contributed by atoms with Gasteiger partial charge in [-0.15, -0.1) is 0 Å². The minimum absolute atomic E-state index is 0.0772. The SMILES string of the molecule is O=C(N[C@H]1CCCN(S(=O)(=O)c2ccccc2)C1)C1CCCCC1. The summed E-state index contributed by atoms with van der Waals surface area (Å²) in [6, 6.07) is 8.45. The van der Waals surface area contributed by atoms with Gasteiger partial charge in [-0.3, -0.25) is 4.79 Å². The molecule has 1 saturated carbocycles. The molecule has 24 heavy (non-hydrogen) atoms. The van der Waals surface area contributed by atoms with Crippen LogP contribution >= 0.6 is 0 Å². The highest BCUT2D eigenvalue weighted by Crippen LogP contribution is 2.25. The van der Waals surface area contributed by atoms with E-state index in [2.05, 4.69) is 5.32 Å². The van der Waals surface area contributed by atoms with Gasteiger partial charge in [-0.25, -0.2) is 8.42 Å². The van der Waals surface area contributed by atoms with Crippen LogP contribution in [0.3, 0.4) is 0 Å².